The lowest BCUT2D eigenvalue weighted by Crippen LogP contribution is -2.37. The smallest absolute Gasteiger partial charge is 0.232 e. The molecule has 4 heteroatoms. The molecule has 0 spiro atoms. The minimum absolute atomic E-state index is 0.381. The number of piperidine rings is 1. The van der Waals surface area contributed by atoms with Crippen LogP contribution in [-0.4, -0.2) is 47.5 Å². The summed E-state index contributed by atoms with van der Waals surface area (Å²) >= 11 is 1.88. The van der Waals surface area contributed by atoms with Gasteiger partial charge in [-0.2, -0.15) is 0 Å². The van der Waals surface area contributed by atoms with Gasteiger partial charge in [0.2, 0.25) is 5.91 Å². The Morgan fingerprint density at radius 1 is 1.26 bits per heavy atom. The molecule has 1 N–H and O–H groups in total. The number of amides is 1. The quantitative estimate of drug-likeness (QED) is 0.779. The van der Waals surface area contributed by atoms with E-state index in [9.17, 15) is 4.79 Å². The molecule has 2 aliphatic rings. The second-order valence-electron chi connectivity index (χ2n) is 6.26. The second kappa shape index (κ2) is 7.53. The van der Waals surface area contributed by atoms with E-state index in [1.54, 1.807) is 0 Å². The third kappa shape index (κ3) is 5.35. The van der Waals surface area contributed by atoms with Crippen molar-refractivity contribution in [2.75, 3.05) is 25.4 Å². The molecule has 0 aromatic rings. The minimum Gasteiger partial charge on any atom is -0.339 e. The van der Waals surface area contributed by atoms with Gasteiger partial charge in [0.1, 0.15) is 0 Å². The van der Waals surface area contributed by atoms with Crippen LogP contribution >= 0.6 is 11.8 Å². The zero-order chi connectivity index (χ0) is 13.7. The third-order valence-corrected chi connectivity index (χ3v) is 5.34. The molecule has 1 amide bonds. The van der Waals surface area contributed by atoms with Gasteiger partial charge in [-0.05, 0) is 51.1 Å². The maximum atomic E-state index is 12.4. The normalized spacial score (nSPS) is 20.8. The van der Waals surface area contributed by atoms with Gasteiger partial charge >= 0.3 is 0 Å². The summed E-state index contributed by atoms with van der Waals surface area (Å²) in [6.45, 7) is 7.67. The van der Waals surface area contributed by atoms with E-state index in [0.29, 0.717) is 28.9 Å². The molecule has 110 valence electrons. The van der Waals surface area contributed by atoms with E-state index in [0.717, 1.165) is 26.1 Å². The van der Waals surface area contributed by atoms with Crippen LogP contribution in [0.15, 0.2) is 0 Å². The number of hydrogen-bond acceptors (Lipinski definition) is 3. The first-order chi connectivity index (χ1) is 9.16. The number of carbonyl (C=O) groups excluding carboxylic acids is 1. The van der Waals surface area contributed by atoms with Crippen LogP contribution in [0.4, 0.5) is 0 Å². The Bertz CT molecular complexity index is 286. The van der Waals surface area contributed by atoms with Crippen LogP contribution in [-0.2, 0) is 4.79 Å². The van der Waals surface area contributed by atoms with Gasteiger partial charge < -0.3 is 10.2 Å². The maximum Gasteiger partial charge on any atom is 0.232 e. The second-order valence-corrected chi connectivity index (χ2v) is 7.55. The number of carbonyl (C=O) groups is 1. The summed E-state index contributed by atoms with van der Waals surface area (Å²) in [5.74, 6) is 1.76. The molecule has 0 unspecified atom stereocenters. The fourth-order valence-electron chi connectivity index (χ4n) is 2.53. The highest BCUT2D eigenvalue weighted by molar-refractivity contribution is 8.00. The predicted molar refractivity (Wildman–Crippen MR) is 82.5 cm³/mol. The van der Waals surface area contributed by atoms with E-state index < -0.39 is 0 Å². The standard InChI is InChI=1S/C15H28N2OS/c1-12(2)7-10-17(13-3-4-13)15(18)11-19-14-5-8-16-9-6-14/h12-14,16H,3-11H2,1-2H3. The third-order valence-electron chi connectivity index (χ3n) is 3.98. The average molecular weight is 284 g/mol. The van der Waals surface area contributed by atoms with Gasteiger partial charge in [0, 0.05) is 17.8 Å². The lowest BCUT2D eigenvalue weighted by atomic mass is 10.1. The van der Waals surface area contributed by atoms with Gasteiger partial charge in [0.15, 0.2) is 0 Å². The Labute approximate surface area is 121 Å². The highest BCUT2D eigenvalue weighted by Gasteiger charge is 2.32. The van der Waals surface area contributed by atoms with Crippen molar-refractivity contribution in [2.45, 2.75) is 57.2 Å². The zero-order valence-electron chi connectivity index (χ0n) is 12.4. The summed E-state index contributed by atoms with van der Waals surface area (Å²) in [6.07, 6.45) is 6.02. The molecule has 0 aromatic heterocycles. The largest absolute Gasteiger partial charge is 0.339 e. The molecule has 0 radical (unpaired) electrons. The average Bonchev–Trinajstić information content (AvgIpc) is 3.22. The number of nitrogens with one attached hydrogen (secondary N) is 1. The first-order valence-electron chi connectivity index (χ1n) is 7.78. The first kappa shape index (κ1) is 15.2. The van der Waals surface area contributed by atoms with E-state index in [1.807, 2.05) is 11.8 Å². The molecule has 0 bridgehead atoms. The Hall–Kier alpha value is -0.220. The van der Waals surface area contributed by atoms with Gasteiger partial charge in [-0.25, -0.2) is 0 Å². The van der Waals surface area contributed by atoms with E-state index in [4.69, 9.17) is 0 Å². The minimum atomic E-state index is 0.381. The molecular formula is C15H28N2OS. The van der Waals surface area contributed by atoms with Crippen LogP contribution in [0.3, 0.4) is 0 Å². The van der Waals surface area contributed by atoms with Gasteiger partial charge in [-0.15, -0.1) is 11.8 Å². The molecule has 1 heterocycles. The highest BCUT2D eigenvalue weighted by atomic mass is 32.2. The SMILES string of the molecule is CC(C)CCN(C(=O)CSC1CCNCC1)C1CC1. The van der Waals surface area contributed by atoms with Crippen molar-refractivity contribution < 1.29 is 4.79 Å². The molecule has 1 saturated heterocycles. The van der Waals surface area contributed by atoms with Crippen molar-refractivity contribution in [3.8, 4) is 0 Å². The predicted octanol–water partition coefficient (Wildman–Crippen LogP) is 2.51. The monoisotopic (exact) mass is 284 g/mol. The van der Waals surface area contributed by atoms with Crippen LogP contribution in [0, 0.1) is 5.92 Å². The van der Waals surface area contributed by atoms with Crippen LogP contribution in [0.25, 0.3) is 0 Å². The Kier molecular flexibility index (Phi) is 6.02. The highest BCUT2D eigenvalue weighted by Crippen LogP contribution is 2.29. The summed E-state index contributed by atoms with van der Waals surface area (Å²) in [5, 5.41) is 4.07. The number of thioether (sulfide) groups is 1. The molecule has 19 heavy (non-hydrogen) atoms. The molecule has 0 aromatic carbocycles. The molecule has 1 aliphatic heterocycles. The van der Waals surface area contributed by atoms with Gasteiger partial charge in [-0.3, -0.25) is 4.79 Å². The van der Waals surface area contributed by atoms with Crippen molar-refractivity contribution in [3.63, 3.8) is 0 Å². The Morgan fingerprint density at radius 3 is 2.53 bits per heavy atom. The lowest BCUT2D eigenvalue weighted by Gasteiger charge is -2.26. The van der Waals surface area contributed by atoms with Crippen molar-refractivity contribution in [2.24, 2.45) is 5.92 Å². The molecule has 0 atom stereocenters. The Balaban J connectivity index is 1.72. The van der Waals surface area contributed by atoms with Crippen molar-refractivity contribution in [1.29, 1.82) is 0 Å². The maximum absolute atomic E-state index is 12.4. The first-order valence-corrected chi connectivity index (χ1v) is 8.83. The van der Waals surface area contributed by atoms with Crippen LogP contribution in [0.5, 0.6) is 0 Å². The molecular weight excluding hydrogens is 256 g/mol. The zero-order valence-corrected chi connectivity index (χ0v) is 13.2. The van der Waals surface area contributed by atoms with E-state index in [1.165, 1.54) is 25.7 Å². The molecule has 1 aliphatic carbocycles. The summed E-state index contributed by atoms with van der Waals surface area (Å²) in [4.78, 5) is 14.5. The summed E-state index contributed by atoms with van der Waals surface area (Å²) in [5.41, 5.74) is 0. The fourth-order valence-corrected chi connectivity index (χ4v) is 3.64. The molecule has 1 saturated carbocycles. The van der Waals surface area contributed by atoms with Crippen molar-refractivity contribution >= 4 is 17.7 Å². The lowest BCUT2D eigenvalue weighted by molar-refractivity contribution is -0.129. The topological polar surface area (TPSA) is 32.3 Å². The van der Waals surface area contributed by atoms with Crippen LogP contribution < -0.4 is 5.32 Å². The van der Waals surface area contributed by atoms with Gasteiger partial charge in [0.25, 0.3) is 0 Å². The number of rotatable bonds is 7. The number of nitrogens with zero attached hydrogens (tertiary/aromatic N) is 1. The van der Waals surface area contributed by atoms with Gasteiger partial charge in [0.05, 0.1) is 5.75 Å². The van der Waals surface area contributed by atoms with Crippen LogP contribution in [0.1, 0.15) is 46.0 Å². The Morgan fingerprint density at radius 2 is 1.95 bits per heavy atom. The van der Waals surface area contributed by atoms with Crippen molar-refractivity contribution in [1.82, 2.24) is 10.2 Å². The molecule has 2 fully saturated rings. The van der Waals surface area contributed by atoms with Crippen LogP contribution in [0.2, 0.25) is 0 Å². The summed E-state index contributed by atoms with van der Waals surface area (Å²) in [6, 6.07) is 0.569. The van der Waals surface area contributed by atoms with E-state index in [2.05, 4.69) is 24.1 Å². The number of hydrogen-bond donors (Lipinski definition) is 1. The van der Waals surface area contributed by atoms with Crippen molar-refractivity contribution in [3.05, 3.63) is 0 Å². The molecule has 2 rings (SSSR count). The van der Waals surface area contributed by atoms with E-state index in [-0.39, 0.29) is 0 Å². The molecule has 3 nitrogen and oxygen atoms in total. The summed E-state index contributed by atoms with van der Waals surface area (Å²) in [7, 11) is 0. The van der Waals surface area contributed by atoms with E-state index >= 15 is 0 Å². The summed E-state index contributed by atoms with van der Waals surface area (Å²) < 4.78 is 0. The fraction of sp³-hybridized carbons (Fsp3) is 0.933. The van der Waals surface area contributed by atoms with Gasteiger partial charge in [-0.1, -0.05) is 13.8 Å².